The van der Waals surface area contributed by atoms with Gasteiger partial charge in [0.2, 0.25) is 5.91 Å². The van der Waals surface area contributed by atoms with Gasteiger partial charge in [0.1, 0.15) is 0 Å². The lowest BCUT2D eigenvalue weighted by Crippen LogP contribution is -2.32. The van der Waals surface area contributed by atoms with Crippen LogP contribution in [-0.4, -0.2) is 15.9 Å². The molecule has 0 spiro atoms. The van der Waals surface area contributed by atoms with Gasteiger partial charge in [0.15, 0.2) is 5.11 Å². The molecule has 0 saturated carbocycles. The van der Waals surface area contributed by atoms with Gasteiger partial charge in [0.05, 0.1) is 9.40 Å². The highest BCUT2D eigenvalue weighted by molar-refractivity contribution is 9.10. The summed E-state index contributed by atoms with van der Waals surface area (Å²) in [5, 5.41) is 15.8. The average molecular weight is 318 g/mol. The Labute approximate surface area is 111 Å². The van der Waals surface area contributed by atoms with Crippen molar-refractivity contribution in [3.05, 3.63) is 32.8 Å². The second kappa shape index (κ2) is 5.69. The van der Waals surface area contributed by atoms with Crippen LogP contribution in [0.2, 0.25) is 0 Å². The number of nitro groups is 1. The highest BCUT2D eigenvalue weighted by Crippen LogP contribution is 2.27. The molecule has 0 unspecified atom stereocenters. The predicted molar refractivity (Wildman–Crippen MR) is 70.8 cm³/mol. The standard InChI is InChI=1S/C9H8BrN3O3S/c1-5(14)11-9(17)12-6-2-3-7(10)8(4-6)13(15)16/h2-4H,1H3,(H2,11,12,14,17). The molecule has 6 nitrogen and oxygen atoms in total. The first-order valence-corrected chi connectivity index (χ1v) is 5.63. The Morgan fingerprint density at radius 3 is 2.71 bits per heavy atom. The van der Waals surface area contributed by atoms with E-state index in [1.807, 2.05) is 0 Å². The van der Waals surface area contributed by atoms with Crippen molar-refractivity contribution >= 4 is 50.5 Å². The second-order valence-corrected chi connectivity index (χ2v) is 4.32. The monoisotopic (exact) mass is 317 g/mol. The van der Waals surface area contributed by atoms with Crippen molar-refractivity contribution in [2.45, 2.75) is 6.92 Å². The zero-order chi connectivity index (χ0) is 13.0. The number of halogens is 1. The number of nitrogens with zero attached hydrogens (tertiary/aromatic N) is 1. The van der Waals surface area contributed by atoms with Gasteiger partial charge < -0.3 is 10.6 Å². The molecule has 0 fully saturated rings. The van der Waals surface area contributed by atoms with E-state index >= 15 is 0 Å². The van der Waals surface area contributed by atoms with Gasteiger partial charge in [-0.05, 0) is 40.3 Å². The predicted octanol–water partition coefficient (Wildman–Crippen LogP) is 2.19. The Hall–Kier alpha value is -1.54. The molecular formula is C9H8BrN3O3S. The third kappa shape index (κ3) is 4.08. The summed E-state index contributed by atoms with van der Waals surface area (Å²) in [7, 11) is 0. The number of thiocarbonyl (C=S) groups is 1. The second-order valence-electron chi connectivity index (χ2n) is 3.06. The molecule has 1 rings (SSSR count). The fraction of sp³-hybridized carbons (Fsp3) is 0.111. The molecule has 0 bridgehead atoms. The van der Waals surface area contributed by atoms with Crippen LogP contribution in [0.1, 0.15) is 6.92 Å². The van der Waals surface area contributed by atoms with Crippen LogP contribution < -0.4 is 10.6 Å². The molecule has 1 amide bonds. The first kappa shape index (κ1) is 13.5. The van der Waals surface area contributed by atoms with E-state index in [4.69, 9.17) is 12.2 Å². The molecule has 0 aliphatic heterocycles. The minimum absolute atomic E-state index is 0.0828. The molecule has 0 saturated heterocycles. The van der Waals surface area contributed by atoms with E-state index in [0.29, 0.717) is 10.2 Å². The van der Waals surface area contributed by atoms with E-state index in [-0.39, 0.29) is 16.7 Å². The SMILES string of the molecule is CC(=O)NC(=S)Nc1ccc(Br)c([N+](=O)[O-])c1. The molecular weight excluding hydrogens is 310 g/mol. The summed E-state index contributed by atoms with van der Waals surface area (Å²) < 4.78 is 0.374. The fourth-order valence-corrected chi connectivity index (χ4v) is 1.71. The number of amides is 1. The number of nitrogens with one attached hydrogen (secondary N) is 2. The number of carbonyl (C=O) groups excluding carboxylic acids is 1. The lowest BCUT2D eigenvalue weighted by Gasteiger charge is -2.07. The van der Waals surface area contributed by atoms with Crippen molar-refractivity contribution in [2.24, 2.45) is 0 Å². The minimum Gasteiger partial charge on any atom is -0.332 e. The molecule has 17 heavy (non-hydrogen) atoms. The van der Waals surface area contributed by atoms with Crippen LogP contribution in [0.25, 0.3) is 0 Å². The van der Waals surface area contributed by atoms with Crippen molar-refractivity contribution < 1.29 is 9.72 Å². The molecule has 0 heterocycles. The molecule has 0 aliphatic rings. The van der Waals surface area contributed by atoms with E-state index in [1.165, 1.54) is 19.1 Å². The Morgan fingerprint density at radius 2 is 2.18 bits per heavy atom. The maximum atomic E-state index is 10.7. The van der Waals surface area contributed by atoms with Crippen LogP contribution in [0.5, 0.6) is 0 Å². The Balaban J connectivity index is 2.86. The largest absolute Gasteiger partial charge is 0.332 e. The third-order valence-electron chi connectivity index (χ3n) is 1.69. The molecule has 0 radical (unpaired) electrons. The molecule has 90 valence electrons. The number of rotatable bonds is 2. The van der Waals surface area contributed by atoms with Crippen molar-refractivity contribution in [3.63, 3.8) is 0 Å². The maximum absolute atomic E-state index is 10.7. The van der Waals surface area contributed by atoms with Crippen molar-refractivity contribution in [2.75, 3.05) is 5.32 Å². The van der Waals surface area contributed by atoms with Gasteiger partial charge >= 0.3 is 0 Å². The van der Waals surface area contributed by atoms with Gasteiger partial charge in [-0.2, -0.15) is 0 Å². The summed E-state index contributed by atoms with van der Waals surface area (Å²) in [6.07, 6.45) is 0. The minimum atomic E-state index is -0.517. The highest BCUT2D eigenvalue weighted by Gasteiger charge is 2.12. The Kier molecular flexibility index (Phi) is 4.53. The quantitative estimate of drug-likeness (QED) is 0.496. The van der Waals surface area contributed by atoms with Gasteiger partial charge in [0.25, 0.3) is 5.69 Å². The fourth-order valence-electron chi connectivity index (χ4n) is 1.05. The number of anilines is 1. The topological polar surface area (TPSA) is 84.3 Å². The van der Waals surface area contributed by atoms with Gasteiger partial charge in [-0.25, -0.2) is 0 Å². The molecule has 1 aromatic rings. The average Bonchev–Trinajstić information content (AvgIpc) is 2.19. The smallest absolute Gasteiger partial charge is 0.285 e. The molecule has 1 aromatic carbocycles. The summed E-state index contributed by atoms with van der Waals surface area (Å²) in [5.74, 6) is -0.311. The van der Waals surface area contributed by atoms with Gasteiger partial charge in [-0.1, -0.05) is 0 Å². The van der Waals surface area contributed by atoms with E-state index in [0.717, 1.165) is 0 Å². The first-order valence-electron chi connectivity index (χ1n) is 4.42. The molecule has 2 N–H and O–H groups in total. The zero-order valence-electron chi connectivity index (χ0n) is 8.69. The number of carbonyl (C=O) groups is 1. The van der Waals surface area contributed by atoms with Crippen LogP contribution in [0.4, 0.5) is 11.4 Å². The Morgan fingerprint density at radius 1 is 1.53 bits per heavy atom. The lowest BCUT2D eigenvalue weighted by molar-refractivity contribution is -0.385. The van der Waals surface area contributed by atoms with Crippen LogP contribution in [-0.2, 0) is 4.79 Å². The number of nitro benzene ring substituents is 1. The molecule has 0 aromatic heterocycles. The molecule has 0 aliphatic carbocycles. The Bertz CT molecular complexity index is 492. The van der Waals surface area contributed by atoms with Gasteiger partial charge in [-0.3, -0.25) is 14.9 Å². The van der Waals surface area contributed by atoms with E-state index in [9.17, 15) is 14.9 Å². The summed E-state index contributed by atoms with van der Waals surface area (Å²) in [6, 6.07) is 4.44. The van der Waals surface area contributed by atoms with E-state index in [2.05, 4.69) is 26.6 Å². The summed E-state index contributed by atoms with van der Waals surface area (Å²) in [5.41, 5.74) is 0.347. The van der Waals surface area contributed by atoms with Gasteiger partial charge in [0, 0.05) is 18.7 Å². The first-order chi connectivity index (χ1) is 7.90. The van der Waals surface area contributed by atoms with Crippen LogP contribution in [0.15, 0.2) is 22.7 Å². The highest BCUT2D eigenvalue weighted by atomic mass is 79.9. The van der Waals surface area contributed by atoms with E-state index < -0.39 is 4.92 Å². The van der Waals surface area contributed by atoms with Gasteiger partial charge in [-0.15, -0.1) is 0 Å². The van der Waals surface area contributed by atoms with Crippen molar-refractivity contribution in [1.82, 2.24) is 5.32 Å². The van der Waals surface area contributed by atoms with E-state index in [1.54, 1.807) is 6.07 Å². The summed E-state index contributed by atoms with van der Waals surface area (Å²) in [6.45, 7) is 1.32. The lowest BCUT2D eigenvalue weighted by atomic mass is 10.3. The number of benzene rings is 1. The van der Waals surface area contributed by atoms with Crippen molar-refractivity contribution in [1.29, 1.82) is 0 Å². The van der Waals surface area contributed by atoms with Crippen molar-refractivity contribution in [3.8, 4) is 0 Å². The maximum Gasteiger partial charge on any atom is 0.285 e. The van der Waals surface area contributed by atoms with Crippen LogP contribution in [0, 0.1) is 10.1 Å². The molecule has 0 atom stereocenters. The summed E-state index contributed by atoms with van der Waals surface area (Å²) >= 11 is 7.89. The zero-order valence-corrected chi connectivity index (χ0v) is 11.1. The number of hydrogen-bond donors (Lipinski definition) is 2. The number of hydrogen-bond acceptors (Lipinski definition) is 4. The third-order valence-corrected chi connectivity index (χ3v) is 2.56. The van der Waals surface area contributed by atoms with Crippen LogP contribution >= 0.6 is 28.1 Å². The van der Waals surface area contributed by atoms with Crippen LogP contribution in [0.3, 0.4) is 0 Å². The molecule has 8 heteroatoms. The summed E-state index contributed by atoms with van der Waals surface area (Å²) in [4.78, 5) is 20.9. The normalized spacial score (nSPS) is 9.53.